The van der Waals surface area contributed by atoms with Crippen molar-refractivity contribution in [3.8, 4) is 0 Å². The normalized spacial score (nSPS) is 18.8. The zero-order valence-electron chi connectivity index (χ0n) is 11.3. The van der Waals surface area contributed by atoms with Crippen molar-refractivity contribution in [1.29, 1.82) is 0 Å². The van der Waals surface area contributed by atoms with E-state index in [4.69, 9.17) is 0 Å². The zero-order chi connectivity index (χ0) is 12.8. The Morgan fingerprint density at radius 2 is 2.11 bits per heavy atom. The Bertz CT molecular complexity index is 415. The average molecular weight is 262 g/mol. The van der Waals surface area contributed by atoms with Crippen LogP contribution in [0.25, 0.3) is 0 Å². The topological polar surface area (TPSA) is 24.4 Å². The minimum atomic E-state index is 0.677. The Morgan fingerprint density at radius 1 is 1.28 bits per heavy atom. The second-order valence-electron chi connectivity index (χ2n) is 4.71. The molecule has 1 unspecified atom stereocenters. The van der Waals surface area contributed by atoms with Crippen molar-refractivity contribution in [3.63, 3.8) is 0 Å². The van der Waals surface area contributed by atoms with Crippen LogP contribution in [0.3, 0.4) is 0 Å². The molecule has 0 bridgehead atoms. The van der Waals surface area contributed by atoms with Crippen molar-refractivity contribution in [2.45, 2.75) is 44.8 Å². The monoisotopic (exact) mass is 262 g/mol. The molecule has 1 heterocycles. The molecule has 3 heteroatoms. The number of aliphatic imine (C=N–C) groups is 1. The van der Waals surface area contributed by atoms with Crippen molar-refractivity contribution in [3.05, 3.63) is 29.8 Å². The van der Waals surface area contributed by atoms with Gasteiger partial charge in [0, 0.05) is 10.9 Å². The van der Waals surface area contributed by atoms with Gasteiger partial charge in [0.15, 0.2) is 5.17 Å². The van der Waals surface area contributed by atoms with Gasteiger partial charge in [-0.05, 0) is 24.5 Å². The molecule has 1 N–H and O–H groups in total. The third-order valence-electron chi connectivity index (χ3n) is 3.11. The lowest BCUT2D eigenvalue weighted by Crippen LogP contribution is -2.09. The maximum atomic E-state index is 4.60. The molecule has 0 aliphatic carbocycles. The smallest absolute Gasteiger partial charge is 0.161 e. The van der Waals surface area contributed by atoms with Gasteiger partial charge in [-0.25, -0.2) is 0 Å². The summed E-state index contributed by atoms with van der Waals surface area (Å²) in [5, 5.41) is 5.27. The highest BCUT2D eigenvalue weighted by Crippen LogP contribution is 2.27. The van der Waals surface area contributed by atoms with Crippen molar-refractivity contribution in [2.24, 2.45) is 4.99 Å². The predicted octanol–water partition coefficient (Wildman–Crippen LogP) is 4.32. The molecule has 1 aromatic rings. The molecular formula is C15H22N2S. The van der Waals surface area contributed by atoms with Crippen LogP contribution in [0.5, 0.6) is 0 Å². The molecule has 0 saturated carbocycles. The molecule has 2 nitrogen and oxygen atoms in total. The van der Waals surface area contributed by atoms with E-state index < -0.39 is 0 Å². The van der Waals surface area contributed by atoms with Gasteiger partial charge in [-0.3, -0.25) is 4.99 Å². The highest BCUT2D eigenvalue weighted by Gasteiger charge is 2.19. The lowest BCUT2D eigenvalue weighted by atomic mass is 10.1. The van der Waals surface area contributed by atoms with Gasteiger partial charge in [-0.2, -0.15) is 0 Å². The number of nitrogens with zero attached hydrogens (tertiary/aromatic N) is 1. The summed E-state index contributed by atoms with van der Waals surface area (Å²) in [6.07, 6.45) is 4.80. The summed E-state index contributed by atoms with van der Waals surface area (Å²) < 4.78 is 0. The van der Waals surface area contributed by atoms with Crippen LogP contribution in [-0.4, -0.2) is 17.0 Å². The van der Waals surface area contributed by atoms with Crippen LogP contribution in [0.4, 0.5) is 5.69 Å². The molecule has 1 atom stereocenters. The standard InChI is InChI=1S/C15H22N2S/c1-3-7-12-9-5-6-10-14(12)17-15-16-11-13(18-15)8-4-2/h5-6,9-10,13H,3-4,7-8,11H2,1-2H3,(H,16,17). The summed E-state index contributed by atoms with van der Waals surface area (Å²) in [5.41, 5.74) is 2.62. The Hall–Kier alpha value is -0.960. The summed E-state index contributed by atoms with van der Waals surface area (Å²) in [5.74, 6) is 0. The summed E-state index contributed by atoms with van der Waals surface area (Å²) in [6, 6.07) is 8.56. The molecule has 98 valence electrons. The van der Waals surface area contributed by atoms with E-state index in [9.17, 15) is 0 Å². The minimum absolute atomic E-state index is 0.677. The number of nitrogens with one attached hydrogen (secondary N) is 1. The molecule has 1 aliphatic heterocycles. The fraction of sp³-hybridized carbons (Fsp3) is 0.533. The van der Waals surface area contributed by atoms with Gasteiger partial charge < -0.3 is 5.32 Å². The van der Waals surface area contributed by atoms with Crippen LogP contribution in [0.2, 0.25) is 0 Å². The highest BCUT2D eigenvalue weighted by molar-refractivity contribution is 8.15. The minimum Gasteiger partial charge on any atom is -0.335 e. The van der Waals surface area contributed by atoms with Crippen LogP contribution >= 0.6 is 11.8 Å². The van der Waals surface area contributed by atoms with E-state index in [2.05, 4.69) is 48.4 Å². The third-order valence-corrected chi connectivity index (χ3v) is 4.28. The Kier molecular flexibility index (Phi) is 5.12. The fourth-order valence-electron chi connectivity index (χ4n) is 2.20. The molecule has 2 rings (SSSR count). The molecule has 0 amide bonds. The van der Waals surface area contributed by atoms with E-state index in [1.807, 2.05) is 11.8 Å². The number of aryl methyl sites for hydroxylation is 1. The first-order valence-corrected chi connectivity index (χ1v) is 7.77. The average Bonchev–Trinajstić information content (AvgIpc) is 2.80. The van der Waals surface area contributed by atoms with Gasteiger partial charge in [-0.15, -0.1) is 0 Å². The maximum Gasteiger partial charge on any atom is 0.161 e. The first-order valence-electron chi connectivity index (χ1n) is 6.89. The first kappa shape index (κ1) is 13.5. The number of anilines is 1. The lowest BCUT2D eigenvalue weighted by Gasteiger charge is -2.11. The van der Waals surface area contributed by atoms with E-state index in [-0.39, 0.29) is 0 Å². The van der Waals surface area contributed by atoms with Crippen LogP contribution in [0, 0.1) is 0 Å². The van der Waals surface area contributed by atoms with E-state index >= 15 is 0 Å². The van der Waals surface area contributed by atoms with Crippen LogP contribution in [0.1, 0.15) is 38.7 Å². The summed E-state index contributed by atoms with van der Waals surface area (Å²) in [7, 11) is 0. The van der Waals surface area contributed by atoms with Crippen molar-refractivity contribution < 1.29 is 0 Å². The van der Waals surface area contributed by atoms with Gasteiger partial charge in [0.2, 0.25) is 0 Å². The second-order valence-corrected chi connectivity index (χ2v) is 6.00. The Balaban J connectivity index is 1.98. The molecule has 0 spiro atoms. The van der Waals surface area contributed by atoms with E-state index in [0.717, 1.165) is 18.1 Å². The van der Waals surface area contributed by atoms with Crippen molar-refractivity contribution in [2.75, 3.05) is 11.9 Å². The van der Waals surface area contributed by atoms with Gasteiger partial charge in [0.05, 0.1) is 6.54 Å². The number of thioether (sulfide) groups is 1. The number of hydrogen-bond acceptors (Lipinski definition) is 3. The SMILES string of the molecule is CCCc1ccccc1NC1=NCC(CCC)S1. The highest BCUT2D eigenvalue weighted by atomic mass is 32.2. The van der Waals surface area contributed by atoms with Crippen LogP contribution < -0.4 is 5.32 Å². The summed E-state index contributed by atoms with van der Waals surface area (Å²) in [6.45, 7) is 5.43. The van der Waals surface area contributed by atoms with Crippen LogP contribution in [-0.2, 0) is 6.42 Å². The first-order chi connectivity index (χ1) is 8.83. The van der Waals surface area contributed by atoms with E-state index in [1.54, 1.807) is 0 Å². The largest absolute Gasteiger partial charge is 0.335 e. The molecule has 18 heavy (non-hydrogen) atoms. The number of hydrogen-bond donors (Lipinski definition) is 1. The predicted molar refractivity (Wildman–Crippen MR) is 82.6 cm³/mol. The molecule has 1 aromatic carbocycles. The Labute approximate surface area is 114 Å². The Morgan fingerprint density at radius 3 is 2.89 bits per heavy atom. The number of para-hydroxylation sites is 1. The third kappa shape index (κ3) is 3.52. The van der Waals surface area contributed by atoms with Gasteiger partial charge in [0.25, 0.3) is 0 Å². The second kappa shape index (κ2) is 6.83. The van der Waals surface area contributed by atoms with E-state index in [0.29, 0.717) is 5.25 Å². The number of amidine groups is 1. The molecule has 0 radical (unpaired) electrons. The fourth-order valence-corrected chi connectivity index (χ4v) is 3.34. The maximum absolute atomic E-state index is 4.60. The summed E-state index contributed by atoms with van der Waals surface area (Å²) >= 11 is 1.90. The molecule has 0 aromatic heterocycles. The number of benzene rings is 1. The van der Waals surface area contributed by atoms with Gasteiger partial charge in [-0.1, -0.05) is 56.7 Å². The van der Waals surface area contributed by atoms with E-state index in [1.165, 1.54) is 30.5 Å². The van der Waals surface area contributed by atoms with Crippen molar-refractivity contribution in [1.82, 2.24) is 0 Å². The van der Waals surface area contributed by atoms with Crippen molar-refractivity contribution >= 4 is 22.6 Å². The van der Waals surface area contributed by atoms with Gasteiger partial charge >= 0.3 is 0 Å². The van der Waals surface area contributed by atoms with Gasteiger partial charge in [0.1, 0.15) is 0 Å². The lowest BCUT2D eigenvalue weighted by molar-refractivity contribution is 0.754. The quantitative estimate of drug-likeness (QED) is 0.854. The summed E-state index contributed by atoms with van der Waals surface area (Å²) in [4.78, 5) is 4.60. The number of rotatable bonds is 5. The molecular weight excluding hydrogens is 240 g/mol. The zero-order valence-corrected chi connectivity index (χ0v) is 12.1. The molecule has 0 saturated heterocycles. The van der Waals surface area contributed by atoms with Crippen LogP contribution in [0.15, 0.2) is 29.3 Å². The molecule has 1 aliphatic rings. The molecule has 0 fully saturated rings.